The van der Waals surface area contributed by atoms with Gasteiger partial charge in [0.05, 0.1) is 11.9 Å². The van der Waals surface area contributed by atoms with Crippen LogP contribution in [0.5, 0.6) is 0 Å². The number of benzene rings is 2. The van der Waals surface area contributed by atoms with E-state index < -0.39 is 10.0 Å². The maximum Gasteiger partial charge on any atom is 0.232 e. The summed E-state index contributed by atoms with van der Waals surface area (Å²) in [7, 11) is -3.40. The summed E-state index contributed by atoms with van der Waals surface area (Å²) in [6.45, 7) is 5.06. The second-order valence-electron chi connectivity index (χ2n) is 7.62. The van der Waals surface area contributed by atoms with E-state index >= 15 is 0 Å². The van der Waals surface area contributed by atoms with Gasteiger partial charge in [-0.3, -0.25) is 9.10 Å². The Morgan fingerprint density at radius 3 is 2.33 bits per heavy atom. The summed E-state index contributed by atoms with van der Waals surface area (Å²) < 4.78 is 25.8. The third-order valence-corrected chi connectivity index (χ3v) is 6.71. The summed E-state index contributed by atoms with van der Waals surface area (Å²) in [5.74, 6) is 0.0677. The highest BCUT2D eigenvalue weighted by Gasteiger charge is 2.22. The third kappa shape index (κ3) is 5.89. The molecule has 3 rings (SSSR count). The number of halogens is 1. The number of piperazine rings is 1. The van der Waals surface area contributed by atoms with Crippen molar-refractivity contribution in [1.29, 1.82) is 0 Å². The minimum absolute atomic E-state index is 0.0677. The summed E-state index contributed by atoms with van der Waals surface area (Å²) in [5, 5.41) is 0.704. The smallest absolute Gasteiger partial charge is 0.232 e. The Morgan fingerprint density at radius 2 is 1.73 bits per heavy atom. The monoisotopic (exact) mass is 449 g/mol. The Labute approximate surface area is 184 Å². The average Bonchev–Trinajstić information content (AvgIpc) is 2.71. The first kappa shape index (κ1) is 22.4. The fourth-order valence-electron chi connectivity index (χ4n) is 3.62. The zero-order chi connectivity index (χ0) is 21.7. The van der Waals surface area contributed by atoms with E-state index in [0.29, 0.717) is 36.6 Å². The lowest BCUT2D eigenvalue weighted by Gasteiger charge is -2.36. The van der Waals surface area contributed by atoms with E-state index in [4.69, 9.17) is 11.6 Å². The van der Waals surface area contributed by atoms with E-state index in [1.165, 1.54) is 10.6 Å². The van der Waals surface area contributed by atoms with Gasteiger partial charge in [-0.05, 0) is 43.7 Å². The number of hydrogen-bond donors (Lipinski definition) is 0. The molecule has 0 aromatic heterocycles. The molecule has 30 heavy (non-hydrogen) atoms. The first-order valence-electron chi connectivity index (χ1n) is 10.1. The molecule has 0 aliphatic carbocycles. The predicted octanol–water partition coefficient (Wildman–Crippen LogP) is 3.54. The lowest BCUT2D eigenvalue weighted by atomic mass is 10.2. The zero-order valence-corrected chi connectivity index (χ0v) is 19.0. The number of anilines is 2. The van der Waals surface area contributed by atoms with Gasteiger partial charge in [0.2, 0.25) is 15.9 Å². The highest BCUT2D eigenvalue weighted by Crippen LogP contribution is 2.22. The van der Waals surface area contributed by atoms with Crippen molar-refractivity contribution in [2.45, 2.75) is 19.8 Å². The molecule has 0 bridgehead atoms. The highest BCUT2D eigenvalue weighted by molar-refractivity contribution is 7.92. The van der Waals surface area contributed by atoms with Gasteiger partial charge >= 0.3 is 0 Å². The minimum Gasteiger partial charge on any atom is -0.368 e. The van der Waals surface area contributed by atoms with Crippen LogP contribution in [0.4, 0.5) is 11.4 Å². The van der Waals surface area contributed by atoms with E-state index in [1.807, 2.05) is 48.2 Å². The number of sulfonamides is 1. The van der Waals surface area contributed by atoms with Gasteiger partial charge in [-0.2, -0.15) is 0 Å². The van der Waals surface area contributed by atoms with Crippen LogP contribution in [0.1, 0.15) is 18.4 Å². The lowest BCUT2D eigenvalue weighted by Crippen LogP contribution is -2.48. The summed E-state index contributed by atoms with van der Waals surface area (Å²) in [6, 6.07) is 15.1. The topological polar surface area (TPSA) is 60.9 Å². The minimum atomic E-state index is -3.40. The lowest BCUT2D eigenvalue weighted by molar-refractivity contribution is -0.131. The SMILES string of the molecule is Cc1ccc(N(CCCC(=O)N2CCN(c3cccc(Cl)c3)CC2)S(C)(=O)=O)cc1. The number of hydrogen-bond acceptors (Lipinski definition) is 4. The van der Waals surface area contributed by atoms with Crippen molar-refractivity contribution < 1.29 is 13.2 Å². The number of aryl methyl sites for hydroxylation is 1. The molecule has 8 heteroatoms. The van der Waals surface area contributed by atoms with Gasteiger partial charge < -0.3 is 9.80 Å². The largest absolute Gasteiger partial charge is 0.368 e. The van der Waals surface area contributed by atoms with Gasteiger partial charge in [0.1, 0.15) is 0 Å². The number of carbonyl (C=O) groups is 1. The molecule has 0 unspecified atom stereocenters. The molecule has 0 saturated carbocycles. The standard InChI is InChI=1S/C22H28ClN3O3S/c1-18-8-10-20(11-9-18)26(30(2,28)29)12-4-7-22(27)25-15-13-24(14-16-25)21-6-3-5-19(23)17-21/h3,5-6,8-11,17H,4,7,12-16H2,1-2H3. The normalized spacial score (nSPS) is 14.6. The third-order valence-electron chi connectivity index (χ3n) is 5.28. The first-order chi connectivity index (χ1) is 14.2. The number of nitrogens with zero attached hydrogens (tertiary/aromatic N) is 3. The summed E-state index contributed by atoms with van der Waals surface area (Å²) in [4.78, 5) is 16.7. The van der Waals surface area contributed by atoms with Crippen LogP contribution < -0.4 is 9.21 Å². The molecule has 1 fully saturated rings. The molecule has 1 aliphatic rings. The van der Waals surface area contributed by atoms with E-state index in [2.05, 4.69) is 4.90 Å². The molecule has 1 amide bonds. The molecule has 0 N–H and O–H groups in total. The Kier molecular flexibility index (Phi) is 7.26. The van der Waals surface area contributed by atoms with Gasteiger partial charge in [0.15, 0.2) is 0 Å². The van der Waals surface area contributed by atoms with Gasteiger partial charge in [0, 0.05) is 49.9 Å². The number of carbonyl (C=O) groups excluding carboxylic acids is 1. The molecule has 0 radical (unpaired) electrons. The van der Waals surface area contributed by atoms with Crippen molar-refractivity contribution in [3.05, 3.63) is 59.1 Å². The fraction of sp³-hybridized carbons (Fsp3) is 0.409. The molecule has 0 spiro atoms. The summed E-state index contributed by atoms with van der Waals surface area (Å²) in [5.41, 5.74) is 2.77. The predicted molar refractivity (Wildman–Crippen MR) is 123 cm³/mol. The maximum absolute atomic E-state index is 12.6. The van der Waals surface area contributed by atoms with E-state index in [-0.39, 0.29) is 12.5 Å². The Hall–Kier alpha value is -2.25. The van der Waals surface area contributed by atoms with Gasteiger partial charge in [-0.25, -0.2) is 8.42 Å². The van der Waals surface area contributed by atoms with Crippen LogP contribution >= 0.6 is 11.6 Å². The Balaban J connectivity index is 1.51. The molecule has 2 aromatic carbocycles. The quantitative estimate of drug-likeness (QED) is 0.648. The second kappa shape index (κ2) is 9.71. The Bertz CT molecular complexity index is 971. The molecular weight excluding hydrogens is 422 g/mol. The van der Waals surface area contributed by atoms with E-state index in [1.54, 1.807) is 12.1 Å². The zero-order valence-electron chi connectivity index (χ0n) is 17.4. The van der Waals surface area contributed by atoms with Crippen LogP contribution in [0, 0.1) is 6.92 Å². The molecule has 0 atom stereocenters. The van der Waals surface area contributed by atoms with Crippen molar-refractivity contribution in [3.63, 3.8) is 0 Å². The van der Waals surface area contributed by atoms with Crippen molar-refractivity contribution in [1.82, 2.24) is 4.90 Å². The maximum atomic E-state index is 12.6. The number of amides is 1. The van der Waals surface area contributed by atoms with Crippen molar-refractivity contribution in [2.24, 2.45) is 0 Å². The van der Waals surface area contributed by atoms with Crippen LogP contribution in [0.2, 0.25) is 5.02 Å². The summed E-state index contributed by atoms with van der Waals surface area (Å²) >= 11 is 6.07. The molecule has 1 aliphatic heterocycles. The average molecular weight is 450 g/mol. The Morgan fingerprint density at radius 1 is 1.07 bits per heavy atom. The van der Waals surface area contributed by atoms with Crippen molar-refractivity contribution in [2.75, 3.05) is 48.2 Å². The fourth-order valence-corrected chi connectivity index (χ4v) is 4.77. The van der Waals surface area contributed by atoms with Gasteiger partial charge in [0.25, 0.3) is 0 Å². The van der Waals surface area contributed by atoms with Crippen LogP contribution in [0.25, 0.3) is 0 Å². The van der Waals surface area contributed by atoms with Crippen molar-refractivity contribution >= 4 is 38.9 Å². The summed E-state index contributed by atoms with van der Waals surface area (Å²) in [6.07, 6.45) is 2.01. The van der Waals surface area contributed by atoms with Crippen LogP contribution in [0.3, 0.4) is 0 Å². The van der Waals surface area contributed by atoms with Crippen LogP contribution in [0.15, 0.2) is 48.5 Å². The molecule has 162 valence electrons. The molecule has 2 aromatic rings. The molecule has 1 saturated heterocycles. The van der Waals surface area contributed by atoms with Crippen LogP contribution in [-0.4, -0.2) is 58.2 Å². The molecular formula is C22H28ClN3O3S. The molecule has 1 heterocycles. The van der Waals surface area contributed by atoms with Gasteiger partial charge in [-0.15, -0.1) is 0 Å². The van der Waals surface area contributed by atoms with Crippen LogP contribution in [-0.2, 0) is 14.8 Å². The van der Waals surface area contributed by atoms with E-state index in [0.717, 1.165) is 24.3 Å². The highest BCUT2D eigenvalue weighted by atomic mass is 35.5. The first-order valence-corrected chi connectivity index (χ1v) is 12.3. The van der Waals surface area contributed by atoms with E-state index in [9.17, 15) is 13.2 Å². The van der Waals surface area contributed by atoms with Gasteiger partial charge in [-0.1, -0.05) is 35.4 Å². The van der Waals surface area contributed by atoms with Crippen molar-refractivity contribution in [3.8, 4) is 0 Å². The second-order valence-corrected chi connectivity index (χ2v) is 9.97. The molecule has 6 nitrogen and oxygen atoms in total. The number of rotatable bonds is 7.